The van der Waals surface area contributed by atoms with Crippen molar-refractivity contribution in [2.45, 2.75) is 38.1 Å². The first-order chi connectivity index (χ1) is 12.9. The lowest BCUT2D eigenvalue weighted by molar-refractivity contribution is 0.0945. The molecule has 1 aliphatic heterocycles. The average Bonchev–Trinajstić information content (AvgIpc) is 3.28. The molecule has 8 heteroatoms. The Morgan fingerprint density at radius 2 is 1.89 bits per heavy atom. The lowest BCUT2D eigenvalue weighted by Crippen LogP contribution is -2.29. The standard InChI is InChI=1S/C19H25N3O4S/c1-13-17(19(23)20-12-15-8-4-5-9-16(15)26-3)21-14(2)18(13)27(24,25)22-10-6-7-11-22/h4-5,8-9,21H,6-7,10-12H2,1-3H3,(H,20,23). The molecule has 0 unspecified atom stereocenters. The summed E-state index contributed by atoms with van der Waals surface area (Å²) in [4.78, 5) is 15.8. The van der Waals surface area contributed by atoms with E-state index in [9.17, 15) is 13.2 Å². The number of benzene rings is 1. The number of para-hydroxylation sites is 1. The Hall–Kier alpha value is -2.32. The normalized spacial score (nSPS) is 15.1. The largest absolute Gasteiger partial charge is 0.496 e. The number of aryl methyl sites for hydroxylation is 1. The van der Waals surface area contributed by atoms with E-state index in [0.717, 1.165) is 18.4 Å². The molecular formula is C19H25N3O4S. The number of rotatable bonds is 6. The van der Waals surface area contributed by atoms with Crippen LogP contribution < -0.4 is 10.1 Å². The van der Waals surface area contributed by atoms with Gasteiger partial charge in [0.1, 0.15) is 16.3 Å². The van der Waals surface area contributed by atoms with Crippen LogP contribution in [0.25, 0.3) is 0 Å². The maximum absolute atomic E-state index is 12.9. The molecule has 146 valence electrons. The van der Waals surface area contributed by atoms with Crippen LogP contribution in [0.4, 0.5) is 0 Å². The van der Waals surface area contributed by atoms with E-state index in [1.807, 2.05) is 24.3 Å². The zero-order valence-corrected chi connectivity index (χ0v) is 16.6. The van der Waals surface area contributed by atoms with Gasteiger partial charge in [0, 0.05) is 30.9 Å². The minimum Gasteiger partial charge on any atom is -0.496 e. The van der Waals surface area contributed by atoms with E-state index >= 15 is 0 Å². The number of carbonyl (C=O) groups excluding carboxylic acids is 1. The van der Waals surface area contributed by atoms with E-state index in [4.69, 9.17) is 4.74 Å². The Balaban J connectivity index is 1.82. The first-order valence-corrected chi connectivity index (χ1v) is 10.4. The van der Waals surface area contributed by atoms with Gasteiger partial charge in [-0.2, -0.15) is 4.31 Å². The molecule has 27 heavy (non-hydrogen) atoms. The molecule has 1 aliphatic rings. The number of ether oxygens (including phenoxy) is 1. The summed E-state index contributed by atoms with van der Waals surface area (Å²) in [5.74, 6) is 0.346. The van der Waals surface area contributed by atoms with E-state index in [1.165, 1.54) is 4.31 Å². The Morgan fingerprint density at radius 3 is 2.56 bits per heavy atom. The predicted octanol–water partition coefficient (Wildman–Crippen LogP) is 2.35. The monoisotopic (exact) mass is 391 g/mol. The molecule has 0 bridgehead atoms. The zero-order chi connectivity index (χ0) is 19.6. The Morgan fingerprint density at radius 1 is 1.22 bits per heavy atom. The van der Waals surface area contributed by atoms with E-state index < -0.39 is 10.0 Å². The van der Waals surface area contributed by atoms with Gasteiger partial charge in [-0.05, 0) is 38.3 Å². The summed E-state index contributed by atoms with van der Waals surface area (Å²) < 4.78 is 32.6. The fraction of sp³-hybridized carbons (Fsp3) is 0.421. The van der Waals surface area contributed by atoms with Crippen molar-refractivity contribution >= 4 is 15.9 Å². The quantitative estimate of drug-likeness (QED) is 0.791. The highest BCUT2D eigenvalue weighted by atomic mass is 32.2. The van der Waals surface area contributed by atoms with Gasteiger partial charge in [-0.15, -0.1) is 0 Å². The third-order valence-corrected chi connectivity index (χ3v) is 7.06. The van der Waals surface area contributed by atoms with Crippen LogP contribution in [0.5, 0.6) is 5.75 Å². The van der Waals surface area contributed by atoms with Gasteiger partial charge in [-0.3, -0.25) is 4.79 Å². The molecule has 1 aromatic heterocycles. The van der Waals surface area contributed by atoms with Crippen LogP contribution in [0.3, 0.4) is 0 Å². The number of nitrogens with one attached hydrogen (secondary N) is 2. The highest BCUT2D eigenvalue weighted by Crippen LogP contribution is 2.28. The summed E-state index contributed by atoms with van der Waals surface area (Å²) in [6.07, 6.45) is 1.74. The molecule has 2 heterocycles. The lowest BCUT2D eigenvalue weighted by atomic mass is 10.2. The molecule has 2 aromatic rings. The number of nitrogens with zero attached hydrogens (tertiary/aromatic N) is 1. The van der Waals surface area contributed by atoms with Crippen molar-refractivity contribution in [3.05, 3.63) is 46.8 Å². The van der Waals surface area contributed by atoms with Crippen LogP contribution in [0.2, 0.25) is 0 Å². The van der Waals surface area contributed by atoms with E-state index in [-0.39, 0.29) is 23.0 Å². The molecule has 0 spiro atoms. The topological polar surface area (TPSA) is 91.5 Å². The maximum atomic E-state index is 12.9. The number of sulfonamides is 1. The number of aromatic nitrogens is 1. The first-order valence-electron chi connectivity index (χ1n) is 8.95. The first kappa shape index (κ1) is 19.4. The van der Waals surface area contributed by atoms with Gasteiger partial charge in [0.05, 0.1) is 7.11 Å². The second kappa shape index (κ2) is 7.74. The Bertz CT molecular complexity index is 944. The third kappa shape index (κ3) is 3.72. The molecule has 1 amide bonds. The molecule has 1 saturated heterocycles. The third-order valence-electron chi connectivity index (χ3n) is 4.89. The number of amides is 1. The van der Waals surface area contributed by atoms with Gasteiger partial charge < -0.3 is 15.0 Å². The summed E-state index contributed by atoms with van der Waals surface area (Å²) in [5, 5.41) is 2.83. The van der Waals surface area contributed by atoms with Gasteiger partial charge in [0.2, 0.25) is 10.0 Å². The van der Waals surface area contributed by atoms with Crippen LogP contribution >= 0.6 is 0 Å². The molecule has 2 N–H and O–H groups in total. The Kier molecular flexibility index (Phi) is 5.57. The molecule has 1 aromatic carbocycles. The molecule has 0 saturated carbocycles. The predicted molar refractivity (Wildman–Crippen MR) is 102 cm³/mol. The second-order valence-corrected chi connectivity index (χ2v) is 8.56. The minimum atomic E-state index is -3.59. The number of carbonyl (C=O) groups is 1. The molecule has 0 radical (unpaired) electrons. The van der Waals surface area contributed by atoms with Crippen molar-refractivity contribution in [1.29, 1.82) is 0 Å². The van der Waals surface area contributed by atoms with Gasteiger partial charge in [0.15, 0.2) is 0 Å². The van der Waals surface area contributed by atoms with Crippen molar-refractivity contribution in [2.24, 2.45) is 0 Å². The summed E-state index contributed by atoms with van der Waals surface area (Å²) in [6.45, 7) is 4.70. The Labute approximate surface area is 159 Å². The van der Waals surface area contributed by atoms with Gasteiger partial charge >= 0.3 is 0 Å². The number of methoxy groups -OCH3 is 1. The number of aromatic amines is 1. The van der Waals surface area contributed by atoms with Gasteiger partial charge in [0.25, 0.3) is 5.91 Å². The van der Waals surface area contributed by atoms with Crippen LogP contribution in [0.1, 0.15) is 40.2 Å². The molecule has 3 rings (SSSR count). The summed E-state index contributed by atoms with van der Waals surface area (Å²) in [7, 11) is -2.01. The van der Waals surface area contributed by atoms with Crippen molar-refractivity contribution in [3.63, 3.8) is 0 Å². The molecule has 7 nitrogen and oxygen atoms in total. The number of hydrogen-bond acceptors (Lipinski definition) is 4. The van der Waals surface area contributed by atoms with E-state index in [0.29, 0.717) is 30.1 Å². The minimum absolute atomic E-state index is 0.215. The van der Waals surface area contributed by atoms with Gasteiger partial charge in [-0.1, -0.05) is 18.2 Å². The lowest BCUT2D eigenvalue weighted by Gasteiger charge is -2.16. The summed E-state index contributed by atoms with van der Waals surface area (Å²) >= 11 is 0. The highest BCUT2D eigenvalue weighted by molar-refractivity contribution is 7.89. The van der Waals surface area contributed by atoms with Crippen molar-refractivity contribution in [1.82, 2.24) is 14.6 Å². The molecule has 0 aliphatic carbocycles. The van der Waals surface area contributed by atoms with Crippen LogP contribution in [0.15, 0.2) is 29.2 Å². The molecule has 0 atom stereocenters. The second-order valence-electron chi connectivity index (χ2n) is 6.68. The van der Waals surface area contributed by atoms with E-state index in [1.54, 1.807) is 21.0 Å². The van der Waals surface area contributed by atoms with Gasteiger partial charge in [-0.25, -0.2) is 8.42 Å². The van der Waals surface area contributed by atoms with Crippen molar-refractivity contribution < 1.29 is 17.9 Å². The number of hydrogen-bond donors (Lipinski definition) is 2. The highest BCUT2D eigenvalue weighted by Gasteiger charge is 2.33. The van der Waals surface area contributed by atoms with Crippen molar-refractivity contribution in [3.8, 4) is 5.75 Å². The fourth-order valence-electron chi connectivity index (χ4n) is 3.52. The summed E-state index contributed by atoms with van der Waals surface area (Å²) in [5.41, 5.74) is 2.07. The van der Waals surface area contributed by atoms with Crippen LogP contribution in [-0.4, -0.2) is 43.8 Å². The van der Waals surface area contributed by atoms with Crippen LogP contribution in [-0.2, 0) is 16.6 Å². The zero-order valence-electron chi connectivity index (χ0n) is 15.8. The number of H-pyrrole nitrogens is 1. The van der Waals surface area contributed by atoms with Crippen LogP contribution in [0, 0.1) is 13.8 Å². The van der Waals surface area contributed by atoms with Crippen molar-refractivity contribution in [2.75, 3.05) is 20.2 Å². The van der Waals surface area contributed by atoms with E-state index in [2.05, 4.69) is 10.3 Å². The smallest absolute Gasteiger partial charge is 0.268 e. The maximum Gasteiger partial charge on any atom is 0.268 e. The molecule has 1 fully saturated rings. The summed E-state index contributed by atoms with van der Waals surface area (Å²) in [6, 6.07) is 7.42. The molecular weight excluding hydrogens is 366 g/mol. The SMILES string of the molecule is COc1ccccc1CNC(=O)c1[nH]c(C)c(S(=O)(=O)N2CCCC2)c1C. The fourth-order valence-corrected chi connectivity index (χ4v) is 5.44. The average molecular weight is 391 g/mol.